The summed E-state index contributed by atoms with van der Waals surface area (Å²) in [7, 11) is 3.05. The predicted octanol–water partition coefficient (Wildman–Crippen LogP) is 0.810. The number of carbonyl (C=O) groups is 1. The number of nitrogens with zero attached hydrogens (tertiary/aromatic N) is 4. The number of benzene rings is 1. The molecule has 0 spiro atoms. The van der Waals surface area contributed by atoms with Crippen LogP contribution in [0.2, 0.25) is 0 Å². The second-order valence-corrected chi connectivity index (χ2v) is 6.91. The second kappa shape index (κ2) is 8.76. The van der Waals surface area contributed by atoms with E-state index in [9.17, 15) is 14.4 Å². The number of nitrogens with one attached hydrogen (secondary N) is 2. The van der Waals surface area contributed by atoms with Gasteiger partial charge < -0.3 is 10.6 Å². The van der Waals surface area contributed by atoms with Crippen molar-refractivity contribution in [2.24, 2.45) is 14.1 Å². The van der Waals surface area contributed by atoms with Gasteiger partial charge in [-0.1, -0.05) is 37.3 Å². The summed E-state index contributed by atoms with van der Waals surface area (Å²) in [6.45, 7) is 3.26. The number of imidazole rings is 1. The van der Waals surface area contributed by atoms with Gasteiger partial charge in [0.25, 0.3) is 5.56 Å². The molecule has 3 aromatic rings. The van der Waals surface area contributed by atoms with Crippen molar-refractivity contribution >= 4 is 23.0 Å². The number of aryl methyl sites for hydroxylation is 1. The Morgan fingerprint density at radius 2 is 1.79 bits per heavy atom. The highest BCUT2D eigenvalue weighted by Crippen LogP contribution is 2.17. The van der Waals surface area contributed by atoms with Gasteiger partial charge in [-0.05, 0) is 12.0 Å². The molecule has 0 radical (unpaired) electrons. The average Bonchev–Trinajstić information content (AvgIpc) is 3.07. The van der Waals surface area contributed by atoms with Gasteiger partial charge in [0.05, 0.1) is 6.54 Å². The van der Waals surface area contributed by atoms with Crippen LogP contribution in [0, 0.1) is 0 Å². The molecule has 2 N–H and O–H groups in total. The highest BCUT2D eigenvalue weighted by Gasteiger charge is 2.19. The molecule has 3 rings (SSSR count). The SMILES string of the molecule is CCCC(=O)NCCNc1nc2c(c(=O)n(C)c(=O)n2C)n1Cc1ccccc1. The van der Waals surface area contributed by atoms with Crippen molar-refractivity contribution in [2.75, 3.05) is 18.4 Å². The van der Waals surface area contributed by atoms with Crippen LogP contribution in [0.25, 0.3) is 11.2 Å². The van der Waals surface area contributed by atoms with E-state index in [2.05, 4.69) is 15.6 Å². The molecule has 29 heavy (non-hydrogen) atoms. The maximum absolute atomic E-state index is 12.8. The molecule has 9 heteroatoms. The van der Waals surface area contributed by atoms with Crippen LogP contribution in [0.5, 0.6) is 0 Å². The lowest BCUT2D eigenvalue weighted by atomic mass is 10.2. The zero-order chi connectivity index (χ0) is 21.0. The van der Waals surface area contributed by atoms with E-state index >= 15 is 0 Å². The standard InChI is InChI=1S/C20H26N6O3/c1-4-8-15(27)21-11-12-22-19-23-17-16(18(28)25(3)20(29)24(17)2)26(19)13-14-9-6-5-7-10-14/h5-7,9-10H,4,8,11-13H2,1-3H3,(H,21,27)(H,22,23). The van der Waals surface area contributed by atoms with Crippen molar-refractivity contribution in [3.8, 4) is 0 Å². The number of aromatic nitrogens is 4. The third-order valence-corrected chi connectivity index (χ3v) is 4.74. The molecule has 0 aliphatic heterocycles. The van der Waals surface area contributed by atoms with Crippen LogP contribution in [-0.2, 0) is 25.4 Å². The van der Waals surface area contributed by atoms with E-state index in [1.165, 1.54) is 11.6 Å². The summed E-state index contributed by atoms with van der Waals surface area (Å²) < 4.78 is 4.23. The number of amides is 1. The molecule has 0 bridgehead atoms. The minimum atomic E-state index is -0.426. The van der Waals surface area contributed by atoms with Gasteiger partial charge >= 0.3 is 5.69 Å². The molecule has 1 aromatic carbocycles. The van der Waals surface area contributed by atoms with Crippen molar-refractivity contribution in [1.82, 2.24) is 24.0 Å². The summed E-state index contributed by atoms with van der Waals surface area (Å²) in [5, 5.41) is 6.03. The minimum Gasteiger partial charge on any atom is -0.354 e. The van der Waals surface area contributed by atoms with Crippen LogP contribution in [0.15, 0.2) is 39.9 Å². The molecule has 1 amide bonds. The number of carbonyl (C=O) groups excluding carboxylic acids is 1. The summed E-state index contributed by atoms with van der Waals surface area (Å²) in [6, 6.07) is 9.72. The number of hydrogen-bond acceptors (Lipinski definition) is 5. The third-order valence-electron chi connectivity index (χ3n) is 4.74. The Kier molecular flexibility index (Phi) is 6.16. The van der Waals surface area contributed by atoms with Crippen LogP contribution in [0.3, 0.4) is 0 Å². The Morgan fingerprint density at radius 3 is 2.48 bits per heavy atom. The van der Waals surface area contributed by atoms with Gasteiger partial charge in [-0.25, -0.2) is 4.79 Å². The molecule has 0 aliphatic carbocycles. The fraction of sp³-hybridized carbons (Fsp3) is 0.400. The molecule has 0 fully saturated rings. The fourth-order valence-corrected chi connectivity index (χ4v) is 3.19. The smallest absolute Gasteiger partial charge is 0.332 e. The van der Waals surface area contributed by atoms with Gasteiger partial charge in [0.1, 0.15) is 0 Å². The lowest BCUT2D eigenvalue weighted by Gasteiger charge is -2.11. The van der Waals surface area contributed by atoms with E-state index in [1.54, 1.807) is 11.6 Å². The molecule has 0 aliphatic rings. The normalized spacial score (nSPS) is 11.0. The molecule has 0 saturated heterocycles. The van der Waals surface area contributed by atoms with E-state index in [-0.39, 0.29) is 5.91 Å². The first kappa shape index (κ1) is 20.4. The molecule has 0 saturated carbocycles. The summed E-state index contributed by atoms with van der Waals surface area (Å²) in [5.41, 5.74) is 0.866. The quantitative estimate of drug-likeness (QED) is 0.547. The molecular formula is C20H26N6O3. The van der Waals surface area contributed by atoms with Crippen molar-refractivity contribution < 1.29 is 4.79 Å². The predicted molar refractivity (Wildman–Crippen MR) is 112 cm³/mol. The topological polar surface area (TPSA) is 103 Å². The van der Waals surface area contributed by atoms with Crippen LogP contribution in [0.1, 0.15) is 25.3 Å². The first-order valence-electron chi connectivity index (χ1n) is 9.64. The molecule has 154 valence electrons. The van der Waals surface area contributed by atoms with E-state index < -0.39 is 11.2 Å². The molecule has 0 unspecified atom stereocenters. The molecule has 2 heterocycles. The van der Waals surface area contributed by atoms with E-state index in [4.69, 9.17) is 0 Å². The Hall–Kier alpha value is -3.36. The number of anilines is 1. The van der Waals surface area contributed by atoms with Gasteiger partial charge in [-0.15, -0.1) is 0 Å². The van der Waals surface area contributed by atoms with Gasteiger partial charge in [-0.2, -0.15) is 4.98 Å². The number of rotatable bonds is 8. The van der Waals surface area contributed by atoms with Crippen molar-refractivity contribution in [2.45, 2.75) is 26.3 Å². The summed E-state index contributed by atoms with van der Waals surface area (Å²) in [4.78, 5) is 41.2. The minimum absolute atomic E-state index is 0.00311. The lowest BCUT2D eigenvalue weighted by molar-refractivity contribution is -0.121. The van der Waals surface area contributed by atoms with Crippen LogP contribution in [-0.4, -0.2) is 37.7 Å². The first-order chi connectivity index (χ1) is 13.9. The third kappa shape index (κ3) is 4.23. The summed E-state index contributed by atoms with van der Waals surface area (Å²) in [6.07, 6.45) is 1.29. The zero-order valence-corrected chi connectivity index (χ0v) is 16.9. The van der Waals surface area contributed by atoms with E-state index in [0.29, 0.717) is 43.2 Å². The van der Waals surface area contributed by atoms with Gasteiger partial charge in [-0.3, -0.25) is 23.3 Å². The number of hydrogen-bond donors (Lipinski definition) is 2. The molecular weight excluding hydrogens is 372 g/mol. The highest BCUT2D eigenvalue weighted by atomic mass is 16.2. The average molecular weight is 398 g/mol. The Morgan fingerprint density at radius 1 is 1.07 bits per heavy atom. The van der Waals surface area contributed by atoms with Crippen LogP contribution < -0.4 is 21.9 Å². The summed E-state index contributed by atoms with van der Waals surface area (Å²) in [5.74, 6) is 0.482. The molecule has 9 nitrogen and oxygen atoms in total. The fourth-order valence-electron chi connectivity index (χ4n) is 3.19. The van der Waals surface area contributed by atoms with Crippen LogP contribution in [0.4, 0.5) is 5.95 Å². The first-order valence-corrected chi connectivity index (χ1v) is 9.64. The lowest BCUT2D eigenvalue weighted by Crippen LogP contribution is -2.37. The highest BCUT2D eigenvalue weighted by molar-refractivity contribution is 5.76. The monoisotopic (exact) mass is 398 g/mol. The van der Waals surface area contributed by atoms with Gasteiger partial charge in [0, 0.05) is 33.6 Å². The van der Waals surface area contributed by atoms with Crippen molar-refractivity contribution in [1.29, 1.82) is 0 Å². The number of fused-ring (bicyclic) bond motifs is 1. The van der Waals surface area contributed by atoms with Gasteiger partial charge in [0.2, 0.25) is 11.9 Å². The van der Waals surface area contributed by atoms with E-state index in [0.717, 1.165) is 16.6 Å². The van der Waals surface area contributed by atoms with Crippen molar-refractivity contribution in [3.63, 3.8) is 0 Å². The Bertz CT molecular complexity index is 1130. The van der Waals surface area contributed by atoms with Gasteiger partial charge in [0.15, 0.2) is 11.2 Å². The molecule has 2 aromatic heterocycles. The second-order valence-electron chi connectivity index (χ2n) is 6.91. The maximum atomic E-state index is 12.8. The largest absolute Gasteiger partial charge is 0.354 e. The maximum Gasteiger partial charge on any atom is 0.332 e. The Labute approximate surface area is 168 Å². The Balaban J connectivity index is 1.97. The van der Waals surface area contributed by atoms with Crippen LogP contribution >= 0.6 is 0 Å². The zero-order valence-electron chi connectivity index (χ0n) is 16.9. The summed E-state index contributed by atoms with van der Waals surface area (Å²) >= 11 is 0. The van der Waals surface area contributed by atoms with Crippen molar-refractivity contribution in [3.05, 3.63) is 56.7 Å². The molecule has 0 atom stereocenters. The van der Waals surface area contributed by atoms with E-state index in [1.807, 2.05) is 37.3 Å².